The van der Waals surface area contributed by atoms with Crippen LogP contribution in [0, 0.1) is 24.2 Å². The number of carbonyl (C=O) groups is 1. The van der Waals surface area contributed by atoms with Crippen molar-refractivity contribution in [3.05, 3.63) is 35.4 Å². The molecule has 2 fully saturated rings. The maximum Gasteiger partial charge on any atom is 0.228 e. The first-order valence-corrected chi connectivity index (χ1v) is 8.50. The molecule has 1 aromatic carbocycles. The standard InChI is InChI=1S/C19H27NO2/c1-3-17(11-21)18(22)20-12-19(13-20)9-16(10-19)8-15-6-4-14(2)5-7-15/h4-7,16-17,21H,3,8-13H2,1-2H3/t17-/m1/s1. The quantitative estimate of drug-likeness (QED) is 0.908. The van der Waals surface area contributed by atoms with Crippen molar-refractivity contribution in [3.63, 3.8) is 0 Å². The van der Waals surface area contributed by atoms with Gasteiger partial charge in [-0.1, -0.05) is 36.8 Å². The van der Waals surface area contributed by atoms with Gasteiger partial charge in [0, 0.05) is 18.5 Å². The number of aliphatic hydroxyl groups is 1. The number of likely N-dealkylation sites (tertiary alicyclic amines) is 1. The molecule has 0 aromatic heterocycles. The summed E-state index contributed by atoms with van der Waals surface area (Å²) in [5, 5.41) is 9.24. The normalized spacial score (nSPS) is 21.3. The number of amides is 1. The van der Waals surface area contributed by atoms with E-state index in [1.165, 1.54) is 30.4 Å². The van der Waals surface area contributed by atoms with Crippen LogP contribution in [0.2, 0.25) is 0 Å². The Morgan fingerprint density at radius 3 is 2.50 bits per heavy atom. The molecule has 3 heteroatoms. The third kappa shape index (κ3) is 2.91. The van der Waals surface area contributed by atoms with Crippen molar-refractivity contribution in [3.8, 4) is 0 Å². The van der Waals surface area contributed by atoms with E-state index in [1.54, 1.807) is 0 Å². The summed E-state index contributed by atoms with van der Waals surface area (Å²) in [6, 6.07) is 8.86. The smallest absolute Gasteiger partial charge is 0.228 e. The fourth-order valence-electron chi connectivity index (χ4n) is 4.18. The van der Waals surface area contributed by atoms with Crippen molar-refractivity contribution in [2.24, 2.45) is 17.3 Å². The van der Waals surface area contributed by atoms with E-state index < -0.39 is 0 Å². The summed E-state index contributed by atoms with van der Waals surface area (Å²) in [5.74, 6) is 0.734. The summed E-state index contributed by atoms with van der Waals surface area (Å²) in [6.45, 7) is 5.89. The molecule has 1 saturated heterocycles. The van der Waals surface area contributed by atoms with Crippen molar-refractivity contribution in [2.75, 3.05) is 19.7 Å². The molecule has 1 saturated carbocycles. The van der Waals surface area contributed by atoms with Gasteiger partial charge in [-0.15, -0.1) is 0 Å². The first kappa shape index (κ1) is 15.5. The molecule has 0 radical (unpaired) electrons. The molecule has 1 spiro atoms. The number of hydrogen-bond acceptors (Lipinski definition) is 2. The average Bonchev–Trinajstić information content (AvgIpc) is 2.43. The predicted octanol–water partition coefficient (Wildman–Crippen LogP) is 2.79. The largest absolute Gasteiger partial charge is 0.396 e. The van der Waals surface area contributed by atoms with Gasteiger partial charge in [0.05, 0.1) is 12.5 Å². The van der Waals surface area contributed by atoms with Gasteiger partial charge in [0.25, 0.3) is 0 Å². The van der Waals surface area contributed by atoms with Crippen LogP contribution in [0.4, 0.5) is 0 Å². The van der Waals surface area contributed by atoms with Crippen LogP contribution in [-0.2, 0) is 11.2 Å². The van der Waals surface area contributed by atoms with Crippen molar-refractivity contribution < 1.29 is 9.90 Å². The van der Waals surface area contributed by atoms with Gasteiger partial charge in [0.15, 0.2) is 0 Å². The number of aliphatic hydroxyl groups excluding tert-OH is 1. The zero-order chi connectivity index (χ0) is 15.7. The Morgan fingerprint density at radius 1 is 1.32 bits per heavy atom. The zero-order valence-corrected chi connectivity index (χ0v) is 13.7. The molecule has 0 unspecified atom stereocenters. The molecule has 1 N–H and O–H groups in total. The van der Waals surface area contributed by atoms with E-state index in [1.807, 2.05) is 11.8 Å². The molecule has 1 amide bonds. The van der Waals surface area contributed by atoms with Crippen molar-refractivity contribution in [1.29, 1.82) is 0 Å². The molecule has 3 nitrogen and oxygen atoms in total. The van der Waals surface area contributed by atoms with Crippen LogP contribution >= 0.6 is 0 Å². The van der Waals surface area contributed by atoms with Gasteiger partial charge in [-0.05, 0) is 44.1 Å². The minimum Gasteiger partial charge on any atom is -0.396 e. The second-order valence-corrected chi connectivity index (χ2v) is 7.45. The van der Waals surface area contributed by atoms with E-state index in [-0.39, 0.29) is 18.4 Å². The highest BCUT2D eigenvalue weighted by Gasteiger charge is 2.53. The third-order valence-corrected chi connectivity index (χ3v) is 5.51. The minimum absolute atomic E-state index is 0.0190. The zero-order valence-electron chi connectivity index (χ0n) is 13.7. The number of nitrogens with zero attached hydrogens (tertiary/aromatic N) is 1. The molecule has 1 atom stereocenters. The molecule has 1 aliphatic heterocycles. The molecule has 120 valence electrons. The summed E-state index contributed by atoms with van der Waals surface area (Å²) in [5.41, 5.74) is 3.15. The highest BCUT2D eigenvalue weighted by atomic mass is 16.3. The number of aryl methyl sites for hydroxylation is 1. The van der Waals surface area contributed by atoms with Gasteiger partial charge in [-0.2, -0.15) is 0 Å². The lowest BCUT2D eigenvalue weighted by atomic mass is 9.56. The highest BCUT2D eigenvalue weighted by molar-refractivity contribution is 5.80. The Balaban J connectivity index is 1.45. The van der Waals surface area contributed by atoms with Crippen LogP contribution in [0.1, 0.15) is 37.3 Å². The van der Waals surface area contributed by atoms with Gasteiger partial charge in [-0.3, -0.25) is 4.79 Å². The van der Waals surface area contributed by atoms with Crippen LogP contribution in [0.25, 0.3) is 0 Å². The molecular formula is C19H27NO2. The molecule has 1 aromatic rings. The second-order valence-electron chi connectivity index (χ2n) is 7.45. The first-order chi connectivity index (χ1) is 10.5. The Hall–Kier alpha value is -1.35. The number of benzene rings is 1. The van der Waals surface area contributed by atoms with Crippen molar-refractivity contribution >= 4 is 5.91 Å². The van der Waals surface area contributed by atoms with E-state index in [4.69, 9.17) is 0 Å². The number of hydrogen-bond donors (Lipinski definition) is 1. The SMILES string of the molecule is CC[C@H](CO)C(=O)N1CC2(CC(Cc3ccc(C)cc3)C2)C1. The topological polar surface area (TPSA) is 40.5 Å². The summed E-state index contributed by atoms with van der Waals surface area (Å²) >= 11 is 0. The van der Waals surface area contributed by atoms with Gasteiger partial charge in [-0.25, -0.2) is 0 Å². The Morgan fingerprint density at radius 2 is 1.95 bits per heavy atom. The van der Waals surface area contributed by atoms with Crippen LogP contribution in [0.3, 0.4) is 0 Å². The van der Waals surface area contributed by atoms with Crippen LogP contribution in [0.15, 0.2) is 24.3 Å². The highest BCUT2D eigenvalue weighted by Crippen LogP contribution is 2.53. The van der Waals surface area contributed by atoms with Crippen LogP contribution < -0.4 is 0 Å². The summed E-state index contributed by atoms with van der Waals surface area (Å²) in [7, 11) is 0. The fourth-order valence-corrected chi connectivity index (χ4v) is 4.18. The summed E-state index contributed by atoms with van der Waals surface area (Å²) in [6.07, 6.45) is 4.40. The van der Waals surface area contributed by atoms with Gasteiger partial charge >= 0.3 is 0 Å². The summed E-state index contributed by atoms with van der Waals surface area (Å²) in [4.78, 5) is 14.1. The third-order valence-electron chi connectivity index (χ3n) is 5.51. The maximum atomic E-state index is 12.2. The molecule has 2 aliphatic rings. The van der Waals surface area contributed by atoms with E-state index >= 15 is 0 Å². The van der Waals surface area contributed by atoms with Gasteiger partial charge in [0.1, 0.15) is 0 Å². The lowest BCUT2D eigenvalue weighted by molar-refractivity contribution is -0.160. The predicted molar refractivity (Wildman–Crippen MR) is 87.5 cm³/mol. The molecule has 22 heavy (non-hydrogen) atoms. The summed E-state index contributed by atoms with van der Waals surface area (Å²) < 4.78 is 0. The van der Waals surface area contributed by atoms with Crippen LogP contribution in [0.5, 0.6) is 0 Å². The van der Waals surface area contributed by atoms with Crippen molar-refractivity contribution in [1.82, 2.24) is 4.90 Å². The lowest BCUT2D eigenvalue weighted by Gasteiger charge is -2.59. The Kier molecular flexibility index (Phi) is 4.26. The van der Waals surface area contributed by atoms with E-state index in [2.05, 4.69) is 31.2 Å². The molecule has 3 rings (SSSR count). The molecular weight excluding hydrogens is 274 g/mol. The molecule has 1 heterocycles. The monoisotopic (exact) mass is 301 g/mol. The minimum atomic E-state index is -0.194. The maximum absolute atomic E-state index is 12.2. The molecule has 1 aliphatic carbocycles. The Labute approximate surface area is 133 Å². The number of rotatable bonds is 5. The second kappa shape index (κ2) is 6.04. The van der Waals surface area contributed by atoms with E-state index in [9.17, 15) is 9.90 Å². The van der Waals surface area contributed by atoms with Crippen molar-refractivity contribution in [2.45, 2.75) is 39.5 Å². The van der Waals surface area contributed by atoms with Gasteiger partial charge in [0.2, 0.25) is 5.91 Å². The van der Waals surface area contributed by atoms with E-state index in [0.29, 0.717) is 5.41 Å². The fraction of sp³-hybridized carbons (Fsp3) is 0.632. The average molecular weight is 301 g/mol. The van der Waals surface area contributed by atoms with E-state index in [0.717, 1.165) is 25.4 Å². The first-order valence-electron chi connectivity index (χ1n) is 8.50. The molecule has 0 bridgehead atoms. The Bertz CT molecular complexity index is 519. The lowest BCUT2D eigenvalue weighted by Crippen LogP contribution is -2.64. The van der Waals surface area contributed by atoms with Crippen LogP contribution in [-0.4, -0.2) is 35.6 Å². The van der Waals surface area contributed by atoms with Gasteiger partial charge < -0.3 is 10.0 Å². The number of carbonyl (C=O) groups excluding carboxylic acids is 1.